The Labute approximate surface area is 123 Å². The van der Waals surface area contributed by atoms with Crippen LogP contribution in [0.2, 0.25) is 0 Å². The van der Waals surface area contributed by atoms with Crippen molar-refractivity contribution >= 4 is 21.7 Å². The molecule has 3 heterocycles. The van der Waals surface area contributed by atoms with Crippen LogP contribution in [0.4, 0.5) is 5.82 Å². The summed E-state index contributed by atoms with van der Waals surface area (Å²) in [5.41, 5.74) is 0. The molecular weight excluding hydrogens is 304 g/mol. The lowest BCUT2D eigenvalue weighted by Gasteiger charge is -2.40. The largest absolute Gasteiger partial charge is 0.356 e. The van der Waals surface area contributed by atoms with Gasteiger partial charge in [-0.3, -0.25) is 0 Å². The maximum atomic E-state index is 4.37. The Morgan fingerprint density at radius 1 is 1.00 bits per heavy atom. The number of piperidine rings is 2. The number of halogens is 1. The molecule has 2 fully saturated rings. The molecule has 5 heteroatoms. The molecule has 0 unspecified atom stereocenters. The summed E-state index contributed by atoms with van der Waals surface area (Å²) in [4.78, 5) is 13.6. The fourth-order valence-corrected chi connectivity index (χ4v) is 3.54. The van der Waals surface area contributed by atoms with Gasteiger partial charge in [0, 0.05) is 25.2 Å². The molecule has 2 aliphatic rings. The second-order valence-corrected chi connectivity index (χ2v) is 6.33. The van der Waals surface area contributed by atoms with Crippen LogP contribution in [0.25, 0.3) is 0 Å². The summed E-state index contributed by atoms with van der Waals surface area (Å²) in [7, 11) is 0. The molecule has 0 amide bonds. The Hall–Kier alpha value is -0.680. The Morgan fingerprint density at radius 3 is 2.42 bits per heavy atom. The van der Waals surface area contributed by atoms with Crippen LogP contribution in [0, 0.1) is 0 Å². The Balaban J connectivity index is 1.57. The van der Waals surface area contributed by atoms with E-state index in [0.29, 0.717) is 0 Å². The van der Waals surface area contributed by atoms with Gasteiger partial charge in [0.15, 0.2) is 0 Å². The van der Waals surface area contributed by atoms with Crippen LogP contribution in [0.5, 0.6) is 0 Å². The SMILES string of the molecule is Brc1cc(N2CCC(N3CCCCC3)CC2)ncn1. The van der Waals surface area contributed by atoms with Gasteiger partial charge in [-0.25, -0.2) is 9.97 Å². The standard InChI is InChI=1S/C14H21BrN4/c15-13-10-14(17-11-16-13)19-8-4-12(5-9-19)18-6-2-1-3-7-18/h10-12H,1-9H2. The van der Waals surface area contributed by atoms with Crippen molar-refractivity contribution < 1.29 is 0 Å². The summed E-state index contributed by atoms with van der Waals surface area (Å²) in [6, 6.07) is 2.81. The van der Waals surface area contributed by atoms with Crippen molar-refractivity contribution in [1.29, 1.82) is 0 Å². The van der Waals surface area contributed by atoms with E-state index in [0.717, 1.165) is 29.6 Å². The molecule has 1 aromatic rings. The summed E-state index contributed by atoms with van der Waals surface area (Å²) < 4.78 is 0.871. The Morgan fingerprint density at radius 2 is 1.74 bits per heavy atom. The lowest BCUT2D eigenvalue weighted by atomic mass is 10.00. The molecule has 0 aromatic carbocycles. The van der Waals surface area contributed by atoms with E-state index in [2.05, 4.69) is 35.7 Å². The molecule has 0 N–H and O–H groups in total. The van der Waals surface area contributed by atoms with Crippen LogP contribution in [0.15, 0.2) is 17.0 Å². The summed E-state index contributed by atoms with van der Waals surface area (Å²) in [6.45, 7) is 4.85. The quantitative estimate of drug-likeness (QED) is 0.783. The van der Waals surface area contributed by atoms with Crippen LogP contribution in [0.1, 0.15) is 32.1 Å². The number of nitrogens with zero attached hydrogens (tertiary/aromatic N) is 4. The molecule has 1 aromatic heterocycles. The van der Waals surface area contributed by atoms with E-state index in [1.165, 1.54) is 45.2 Å². The second kappa shape index (κ2) is 6.18. The van der Waals surface area contributed by atoms with E-state index in [9.17, 15) is 0 Å². The van der Waals surface area contributed by atoms with Crippen molar-refractivity contribution in [3.8, 4) is 0 Å². The van der Waals surface area contributed by atoms with Gasteiger partial charge in [0.2, 0.25) is 0 Å². The normalized spacial score (nSPS) is 22.7. The zero-order chi connectivity index (χ0) is 13.1. The predicted octanol–water partition coefficient (Wildman–Crippen LogP) is 2.69. The zero-order valence-electron chi connectivity index (χ0n) is 11.3. The highest BCUT2D eigenvalue weighted by Gasteiger charge is 2.26. The summed E-state index contributed by atoms with van der Waals surface area (Å²) in [6.07, 6.45) is 8.36. The number of aromatic nitrogens is 2. The first-order chi connectivity index (χ1) is 9.33. The molecule has 0 atom stereocenters. The molecular formula is C14H21BrN4. The topological polar surface area (TPSA) is 32.3 Å². The van der Waals surface area contributed by atoms with E-state index >= 15 is 0 Å². The van der Waals surface area contributed by atoms with E-state index in [1.807, 2.05) is 6.07 Å². The van der Waals surface area contributed by atoms with Crippen molar-refractivity contribution in [2.45, 2.75) is 38.1 Å². The first-order valence-corrected chi connectivity index (χ1v) is 8.09. The fraction of sp³-hybridized carbons (Fsp3) is 0.714. The minimum atomic E-state index is 0.793. The molecule has 2 aliphatic heterocycles. The van der Waals surface area contributed by atoms with Gasteiger partial charge in [-0.2, -0.15) is 0 Å². The molecule has 2 saturated heterocycles. The van der Waals surface area contributed by atoms with Gasteiger partial charge in [0.1, 0.15) is 16.7 Å². The fourth-order valence-electron chi connectivity index (χ4n) is 3.24. The zero-order valence-corrected chi connectivity index (χ0v) is 12.8. The highest BCUT2D eigenvalue weighted by atomic mass is 79.9. The minimum absolute atomic E-state index is 0.793. The minimum Gasteiger partial charge on any atom is -0.356 e. The molecule has 104 valence electrons. The number of anilines is 1. The molecule has 0 saturated carbocycles. The van der Waals surface area contributed by atoms with Gasteiger partial charge < -0.3 is 9.80 Å². The van der Waals surface area contributed by atoms with E-state index in [-0.39, 0.29) is 0 Å². The van der Waals surface area contributed by atoms with Crippen LogP contribution in [-0.4, -0.2) is 47.1 Å². The first kappa shape index (κ1) is 13.3. The van der Waals surface area contributed by atoms with Crippen molar-refractivity contribution in [2.24, 2.45) is 0 Å². The maximum Gasteiger partial charge on any atom is 0.133 e. The Kier molecular flexibility index (Phi) is 4.33. The third-order valence-corrected chi connectivity index (χ3v) is 4.75. The smallest absolute Gasteiger partial charge is 0.133 e. The van der Waals surface area contributed by atoms with Crippen molar-refractivity contribution in [3.63, 3.8) is 0 Å². The molecule has 0 aliphatic carbocycles. The van der Waals surface area contributed by atoms with E-state index in [1.54, 1.807) is 6.33 Å². The van der Waals surface area contributed by atoms with Gasteiger partial charge in [-0.15, -0.1) is 0 Å². The molecule has 0 spiro atoms. The molecule has 0 radical (unpaired) electrons. The lowest BCUT2D eigenvalue weighted by Crippen LogP contribution is -2.46. The number of rotatable bonds is 2. The monoisotopic (exact) mass is 324 g/mol. The number of hydrogen-bond donors (Lipinski definition) is 0. The third kappa shape index (κ3) is 3.26. The van der Waals surface area contributed by atoms with E-state index in [4.69, 9.17) is 0 Å². The highest BCUT2D eigenvalue weighted by Crippen LogP contribution is 2.24. The summed E-state index contributed by atoms with van der Waals surface area (Å²) >= 11 is 3.42. The highest BCUT2D eigenvalue weighted by molar-refractivity contribution is 9.10. The molecule has 3 rings (SSSR count). The lowest BCUT2D eigenvalue weighted by molar-refractivity contribution is 0.141. The molecule has 0 bridgehead atoms. The van der Waals surface area contributed by atoms with E-state index < -0.39 is 0 Å². The first-order valence-electron chi connectivity index (χ1n) is 7.29. The molecule has 19 heavy (non-hydrogen) atoms. The number of likely N-dealkylation sites (tertiary alicyclic amines) is 1. The van der Waals surface area contributed by atoms with Crippen LogP contribution < -0.4 is 4.90 Å². The Bertz CT molecular complexity index is 412. The second-order valence-electron chi connectivity index (χ2n) is 5.51. The van der Waals surface area contributed by atoms with Gasteiger partial charge in [-0.05, 0) is 54.7 Å². The van der Waals surface area contributed by atoms with Gasteiger partial charge >= 0.3 is 0 Å². The van der Waals surface area contributed by atoms with Crippen molar-refractivity contribution in [3.05, 3.63) is 17.0 Å². The van der Waals surface area contributed by atoms with Crippen LogP contribution in [0.3, 0.4) is 0 Å². The predicted molar refractivity (Wildman–Crippen MR) is 80.4 cm³/mol. The molecule has 4 nitrogen and oxygen atoms in total. The maximum absolute atomic E-state index is 4.37. The van der Waals surface area contributed by atoms with Gasteiger partial charge in [0.25, 0.3) is 0 Å². The number of hydrogen-bond acceptors (Lipinski definition) is 4. The average molecular weight is 325 g/mol. The van der Waals surface area contributed by atoms with Gasteiger partial charge in [-0.1, -0.05) is 6.42 Å². The van der Waals surface area contributed by atoms with Crippen LogP contribution in [-0.2, 0) is 0 Å². The van der Waals surface area contributed by atoms with Crippen LogP contribution >= 0.6 is 15.9 Å². The van der Waals surface area contributed by atoms with Crippen molar-refractivity contribution in [2.75, 3.05) is 31.1 Å². The summed E-state index contributed by atoms with van der Waals surface area (Å²) in [5.74, 6) is 1.05. The average Bonchev–Trinajstić information content (AvgIpc) is 2.48. The third-order valence-electron chi connectivity index (χ3n) is 4.31. The summed E-state index contributed by atoms with van der Waals surface area (Å²) in [5, 5.41) is 0. The van der Waals surface area contributed by atoms with Gasteiger partial charge in [0.05, 0.1) is 0 Å². The van der Waals surface area contributed by atoms with Crippen molar-refractivity contribution in [1.82, 2.24) is 14.9 Å².